The summed E-state index contributed by atoms with van der Waals surface area (Å²) in [4.78, 5) is 25.3. The lowest BCUT2D eigenvalue weighted by molar-refractivity contribution is 0.126. The highest BCUT2D eigenvalue weighted by molar-refractivity contribution is 6.05. The third-order valence-corrected chi connectivity index (χ3v) is 6.05. The van der Waals surface area contributed by atoms with Crippen LogP contribution >= 0.6 is 0 Å². The smallest absolute Gasteiger partial charge is 0.330 e. The minimum Gasteiger partial charge on any atom is -0.494 e. The molecule has 2 aromatic rings. The summed E-state index contributed by atoms with van der Waals surface area (Å²) in [6, 6.07) is 2.77. The fraction of sp³-hybridized carbons (Fsp3) is 0.522. The molecule has 33 heavy (non-hydrogen) atoms. The first-order chi connectivity index (χ1) is 15.9. The number of nitrogens with zero attached hydrogens (tertiary/aromatic N) is 4. The zero-order chi connectivity index (χ0) is 23.5. The zero-order valence-electron chi connectivity index (χ0n) is 19.2. The molecule has 0 saturated heterocycles. The standard InChI is InChI=1S/C23H30FN5O4/c1-4-28-21-14(12-25-22(27-21)26-15-6-8-16(30)9-7-15)13-29(23(28)31)18-10-17(33-5-2)11-19(32-3)20(18)24/h10-12,15-16,30H,4-9,13H2,1-3H3,(H,25,26,27). The normalized spacial score (nSPS) is 20.5. The molecular formula is C23H30FN5O4. The van der Waals surface area contributed by atoms with Crippen molar-refractivity contribution < 1.29 is 23.8 Å². The molecule has 2 amide bonds. The molecule has 9 nitrogen and oxygen atoms in total. The van der Waals surface area contributed by atoms with Crippen molar-refractivity contribution in [2.45, 2.75) is 58.2 Å². The van der Waals surface area contributed by atoms with Gasteiger partial charge in [0.1, 0.15) is 11.6 Å². The van der Waals surface area contributed by atoms with Crippen LogP contribution in [0.2, 0.25) is 0 Å². The van der Waals surface area contributed by atoms with Crippen LogP contribution in [0.4, 0.5) is 26.6 Å². The summed E-state index contributed by atoms with van der Waals surface area (Å²) in [7, 11) is 1.37. The number of hydrogen-bond acceptors (Lipinski definition) is 7. The average molecular weight is 460 g/mol. The van der Waals surface area contributed by atoms with Crippen molar-refractivity contribution in [3.8, 4) is 11.5 Å². The van der Waals surface area contributed by atoms with E-state index in [0.717, 1.165) is 25.7 Å². The molecule has 10 heteroatoms. The number of rotatable bonds is 7. The van der Waals surface area contributed by atoms with E-state index in [0.29, 0.717) is 36.2 Å². The topological polar surface area (TPSA) is 100 Å². The summed E-state index contributed by atoms with van der Waals surface area (Å²) in [6.45, 7) is 4.55. The van der Waals surface area contributed by atoms with E-state index in [1.54, 1.807) is 6.20 Å². The molecule has 178 valence electrons. The molecule has 1 aliphatic carbocycles. The third-order valence-electron chi connectivity index (χ3n) is 6.05. The van der Waals surface area contributed by atoms with Crippen LogP contribution in [0.5, 0.6) is 11.5 Å². The first kappa shape index (κ1) is 23.0. The van der Waals surface area contributed by atoms with Crippen molar-refractivity contribution in [3.05, 3.63) is 29.7 Å². The van der Waals surface area contributed by atoms with E-state index in [2.05, 4.69) is 15.3 Å². The lowest BCUT2D eigenvalue weighted by Crippen LogP contribution is -2.48. The number of ether oxygens (including phenoxy) is 2. The summed E-state index contributed by atoms with van der Waals surface area (Å²) in [5.74, 6) is 0.751. The van der Waals surface area contributed by atoms with Crippen LogP contribution in [-0.2, 0) is 6.54 Å². The van der Waals surface area contributed by atoms with Crippen molar-refractivity contribution >= 4 is 23.5 Å². The molecule has 1 aliphatic heterocycles. The molecule has 2 heterocycles. The van der Waals surface area contributed by atoms with Gasteiger partial charge in [0.25, 0.3) is 0 Å². The fourth-order valence-electron chi connectivity index (χ4n) is 4.32. The number of aliphatic hydroxyl groups excluding tert-OH is 1. The lowest BCUT2D eigenvalue weighted by Gasteiger charge is -2.36. The number of aliphatic hydroxyl groups is 1. The Morgan fingerprint density at radius 2 is 2.00 bits per heavy atom. The number of amides is 2. The van der Waals surface area contributed by atoms with Gasteiger partial charge in [-0.15, -0.1) is 0 Å². The second-order valence-electron chi connectivity index (χ2n) is 8.20. The van der Waals surface area contributed by atoms with Gasteiger partial charge in [-0.05, 0) is 39.5 Å². The summed E-state index contributed by atoms with van der Waals surface area (Å²) < 4.78 is 25.9. The largest absolute Gasteiger partial charge is 0.494 e. The van der Waals surface area contributed by atoms with Crippen molar-refractivity contribution in [2.24, 2.45) is 0 Å². The van der Waals surface area contributed by atoms with Crippen LogP contribution in [0.25, 0.3) is 0 Å². The predicted octanol–water partition coefficient (Wildman–Crippen LogP) is 3.70. The van der Waals surface area contributed by atoms with E-state index in [1.165, 1.54) is 29.0 Å². The second-order valence-corrected chi connectivity index (χ2v) is 8.20. The van der Waals surface area contributed by atoms with E-state index in [-0.39, 0.29) is 36.2 Å². The first-order valence-electron chi connectivity index (χ1n) is 11.3. The number of anilines is 3. The number of aromatic nitrogens is 2. The fourth-order valence-corrected chi connectivity index (χ4v) is 4.32. The minimum absolute atomic E-state index is 0.00555. The van der Waals surface area contributed by atoms with E-state index in [4.69, 9.17) is 9.47 Å². The van der Waals surface area contributed by atoms with Crippen LogP contribution in [0.15, 0.2) is 18.3 Å². The van der Waals surface area contributed by atoms with Gasteiger partial charge in [0.15, 0.2) is 11.6 Å². The number of benzene rings is 1. The molecule has 0 atom stereocenters. The maximum absolute atomic E-state index is 15.2. The molecular weight excluding hydrogens is 429 g/mol. The SMILES string of the molecule is CCOc1cc(OC)c(F)c(N2Cc3cnc(NC4CCC(O)CC4)nc3N(CC)C2=O)c1. The Hall–Kier alpha value is -3.14. The number of hydrogen-bond donors (Lipinski definition) is 2. The number of fused-ring (bicyclic) bond motifs is 1. The van der Waals surface area contributed by atoms with E-state index in [1.807, 2.05) is 13.8 Å². The van der Waals surface area contributed by atoms with Crippen LogP contribution in [0.1, 0.15) is 45.1 Å². The highest BCUT2D eigenvalue weighted by atomic mass is 19.1. The van der Waals surface area contributed by atoms with Gasteiger partial charge < -0.3 is 19.9 Å². The molecule has 4 rings (SSSR count). The van der Waals surface area contributed by atoms with Gasteiger partial charge in [-0.25, -0.2) is 14.2 Å². The lowest BCUT2D eigenvalue weighted by atomic mass is 9.93. The van der Waals surface area contributed by atoms with Gasteiger partial charge in [0.2, 0.25) is 5.95 Å². The summed E-state index contributed by atoms with van der Waals surface area (Å²) in [5, 5.41) is 13.0. The van der Waals surface area contributed by atoms with Gasteiger partial charge >= 0.3 is 6.03 Å². The maximum atomic E-state index is 15.2. The number of urea groups is 1. The van der Waals surface area contributed by atoms with Crippen molar-refractivity contribution in [1.29, 1.82) is 0 Å². The van der Waals surface area contributed by atoms with Crippen LogP contribution in [-0.4, -0.2) is 53.5 Å². The summed E-state index contributed by atoms with van der Waals surface area (Å²) in [5.41, 5.74) is 0.788. The Bertz CT molecular complexity index is 1010. The number of methoxy groups -OCH3 is 1. The van der Waals surface area contributed by atoms with Crippen LogP contribution in [0.3, 0.4) is 0 Å². The Balaban J connectivity index is 1.64. The van der Waals surface area contributed by atoms with E-state index >= 15 is 4.39 Å². The van der Waals surface area contributed by atoms with E-state index in [9.17, 15) is 9.90 Å². The highest BCUT2D eigenvalue weighted by Gasteiger charge is 2.35. The zero-order valence-corrected chi connectivity index (χ0v) is 19.2. The third kappa shape index (κ3) is 4.66. The minimum atomic E-state index is -0.632. The molecule has 0 radical (unpaired) electrons. The Labute approximate surface area is 192 Å². The van der Waals surface area contributed by atoms with Crippen molar-refractivity contribution in [3.63, 3.8) is 0 Å². The Morgan fingerprint density at radius 1 is 1.24 bits per heavy atom. The quantitative estimate of drug-likeness (QED) is 0.651. The van der Waals surface area contributed by atoms with Crippen LogP contribution < -0.4 is 24.6 Å². The molecule has 2 aliphatic rings. The number of carbonyl (C=O) groups excluding carboxylic acids is 1. The number of carbonyl (C=O) groups is 1. The predicted molar refractivity (Wildman–Crippen MR) is 123 cm³/mol. The van der Waals surface area contributed by atoms with Gasteiger partial charge in [-0.1, -0.05) is 0 Å². The number of halogens is 1. The van der Waals surface area contributed by atoms with E-state index < -0.39 is 5.82 Å². The first-order valence-corrected chi connectivity index (χ1v) is 11.3. The monoisotopic (exact) mass is 459 g/mol. The molecule has 1 fully saturated rings. The Morgan fingerprint density at radius 3 is 2.67 bits per heavy atom. The molecule has 0 spiro atoms. The van der Waals surface area contributed by atoms with Crippen molar-refractivity contribution in [2.75, 3.05) is 35.4 Å². The van der Waals surface area contributed by atoms with Crippen LogP contribution in [0, 0.1) is 5.82 Å². The van der Waals surface area contributed by atoms with Crippen molar-refractivity contribution in [1.82, 2.24) is 9.97 Å². The number of nitrogens with one attached hydrogen (secondary N) is 1. The molecule has 0 unspecified atom stereocenters. The van der Waals surface area contributed by atoms with Gasteiger partial charge in [0, 0.05) is 36.5 Å². The molecule has 0 bridgehead atoms. The Kier molecular flexibility index (Phi) is 6.83. The summed E-state index contributed by atoms with van der Waals surface area (Å²) in [6.07, 6.45) is 4.59. The maximum Gasteiger partial charge on any atom is 0.330 e. The van der Waals surface area contributed by atoms with Gasteiger partial charge in [0.05, 0.1) is 32.1 Å². The molecule has 2 N–H and O–H groups in total. The average Bonchev–Trinajstić information content (AvgIpc) is 2.81. The molecule has 1 aromatic heterocycles. The second kappa shape index (κ2) is 9.78. The molecule has 1 aromatic carbocycles. The summed E-state index contributed by atoms with van der Waals surface area (Å²) >= 11 is 0. The van der Waals surface area contributed by atoms with Gasteiger partial charge in [-0.3, -0.25) is 9.80 Å². The molecule has 1 saturated carbocycles. The van der Waals surface area contributed by atoms with Gasteiger partial charge in [-0.2, -0.15) is 4.98 Å². The highest BCUT2D eigenvalue weighted by Crippen LogP contribution is 2.37.